The number of carbonyl (C=O) groups excluding carboxylic acids is 1. The van der Waals surface area contributed by atoms with Gasteiger partial charge in [-0.05, 0) is 57.0 Å². The van der Waals surface area contributed by atoms with Crippen molar-refractivity contribution in [3.8, 4) is 0 Å². The summed E-state index contributed by atoms with van der Waals surface area (Å²) in [5, 5.41) is 6.75. The van der Waals surface area contributed by atoms with Gasteiger partial charge in [-0.1, -0.05) is 13.8 Å². The third kappa shape index (κ3) is 3.72. The first kappa shape index (κ1) is 17.0. The van der Waals surface area contributed by atoms with Crippen molar-refractivity contribution in [3.63, 3.8) is 0 Å². The normalized spacial score (nSPS) is 35.6. The molecular weight excluding hydrogens is 286 g/mol. The molecule has 3 fully saturated rings. The number of hydrogen-bond acceptors (Lipinski definition) is 3. The smallest absolute Gasteiger partial charge is 0.237 e. The van der Waals surface area contributed by atoms with Gasteiger partial charge in [0.25, 0.3) is 0 Å². The van der Waals surface area contributed by atoms with Gasteiger partial charge in [0.15, 0.2) is 0 Å². The van der Waals surface area contributed by atoms with Crippen molar-refractivity contribution in [2.75, 3.05) is 19.6 Å². The molecule has 0 spiro atoms. The average Bonchev–Trinajstić information content (AvgIpc) is 2.85. The molecule has 21 heavy (non-hydrogen) atoms. The number of rotatable bonds is 2. The van der Waals surface area contributed by atoms with Crippen LogP contribution < -0.4 is 10.6 Å². The molecule has 0 bridgehead atoms. The second-order valence-electron chi connectivity index (χ2n) is 7.54. The van der Waals surface area contributed by atoms with Crippen LogP contribution in [-0.2, 0) is 4.79 Å². The summed E-state index contributed by atoms with van der Waals surface area (Å²) in [5.41, 5.74) is 0.0798. The lowest BCUT2D eigenvalue weighted by molar-refractivity contribution is -0.127. The third-order valence-corrected chi connectivity index (χ3v) is 5.56. The quantitative estimate of drug-likeness (QED) is 0.818. The first-order valence-electron chi connectivity index (χ1n) is 8.34. The molecule has 3 rings (SSSR count). The first-order valence-corrected chi connectivity index (χ1v) is 8.34. The predicted octanol–water partition coefficient (Wildman–Crippen LogP) is 1.93. The lowest BCUT2D eigenvalue weighted by atomic mass is 9.77. The van der Waals surface area contributed by atoms with Crippen molar-refractivity contribution in [3.05, 3.63) is 0 Å². The van der Waals surface area contributed by atoms with Crippen LogP contribution in [0, 0.1) is 5.41 Å². The van der Waals surface area contributed by atoms with Crippen LogP contribution >= 0.6 is 12.4 Å². The molecule has 3 unspecified atom stereocenters. The van der Waals surface area contributed by atoms with Gasteiger partial charge in [-0.2, -0.15) is 0 Å². The number of amides is 1. The lowest BCUT2D eigenvalue weighted by Gasteiger charge is -2.40. The van der Waals surface area contributed by atoms with Gasteiger partial charge in [0.05, 0.1) is 6.04 Å². The molecule has 0 saturated carbocycles. The summed E-state index contributed by atoms with van der Waals surface area (Å²) in [5.74, 6) is 0.228. The second kappa shape index (κ2) is 6.84. The van der Waals surface area contributed by atoms with Crippen LogP contribution in [0.2, 0.25) is 0 Å². The molecule has 0 aromatic rings. The molecule has 0 aromatic carbocycles. The van der Waals surface area contributed by atoms with Crippen molar-refractivity contribution < 1.29 is 4.79 Å². The first-order chi connectivity index (χ1) is 9.56. The molecule has 3 heterocycles. The Morgan fingerprint density at radius 1 is 1.24 bits per heavy atom. The molecule has 2 N–H and O–H groups in total. The number of hydrogen-bond donors (Lipinski definition) is 2. The van der Waals surface area contributed by atoms with E-state index in [1.807, 2.05) is 0 Å². The molecule has 3 aliphatic rings. The molecule has 4 nitrogen and oxygen atoms in total. The van der Waals surface area contributed by atoms with Crippen molar-refractivity contribution in [2.24, 2.45) is 5.41 Å². The number of nitrogens with zero attached hydrogens (tertiary/aromatic N) is 1. The van der Waals surface area contributed by atoms with Crippen molar-refractivity contribution in [1.29, 1.82) is 0 Å². The maximum absolute atomic E-state index is 12.6. The Kier molecular flexibility index (Phi) is 5.55. The zero-order valence-electron chi connectivity index (χ0n) is 13.4. The predicted molar refractivity (Wildman–Crippen MR) is 87.8 cm³/mol. The van der Waals surface area contributed by atoms with E-state index in [2.05, 4.69) is 29.4 Å². The van der Waals surface area contributed by atoms with Crippen molar-refractivity contribution in [1.82, 2.24) is 15.5 Å². The SMILES string of the molecule is CC1(C)CCCNC1C(=O)NC1CCN2CCCC2C1.Cl. The largest absolute Gasteiger partial charge is 0.352 e. The van der Waals surface area contributed by atoms with E-state index in [-0.39, 0.29) is 29.8 Å². The van der Waals surface area contributed by atoms with Crippen LogP contribution in [-0.4, -0.2) is 48.6 Å². The third-order valence-electron chi connectivity index (χ3n) is 5.56. The molecule has 1 amide bonds. The van der Waals surface area contributed by atoms with Gasteiger partial charge in [0.2, 0.25) is 5.91 Å². The van der Waals surface area contributed by atoms with Crippen LogP contribution in [0.1, 0.15) is 52.4 Å². The van der Waals surface area contributed by atoms with E-state index in [4.69, 9.17) is 0 Å². The fourth-order valence-corrected chi connectivity index (χ4v) is 4.30. The summed E-state index contributed by atoms with van der Waals surface area (Å²) < 4.78 is 0. The maximum Gasteiger partial charge on any atom is 0.237 e. The molecule has 122 valence electrons. The van der Waals surface area contributed by atoms with E-state index in [1.165, 1.54) is 25.8 Å². The summed E-state index contributed by atoms with van der Waals surface area (Å²) in [6, 6.07) is 1.10. The van der Waals surface area contributed by atoms with Crippen LogP contribution in [0.25, 0.3) is 0 Å². The highest BCUT2D eigenvalue weighted by molar-refractivity contribution is 5.85. The number of nitrogens with one attached hydrogen (secondary N) is 2. The number of halogens is 1. The van der Waals surface area contributed by atoms with E-state index < -0.39 is 0 Å². The molecular formula is C16H30ClN3O. The van der Waals surface area contributed by atoms with E-state index in [0.717, 1.165) is 38.4 Å². The Labute approximate surface area is 134 Å². The van der Waals surface area contributed by atoms with Gasteiger partial charge in [0.1, 0.15) is 0 Å². The van der Waals surface area contributed by atoms with E-state index in [1.54, 1.807) is 0 Å². The minimum absolute atomic E-state index is 0. The Hall–Kier alpha value is -0.320. The Morgan fingerprint density at radius 3 is 2.81 bits per heavy atom. The fourth-order valence-electron chi connectivity index (χ4n) is 4.30. The summed E-state index contributed by atoms with van der Waals surface area (Å²) in [7, 11) is 0. The molecule has 3 saturated heterocycles. The topological polar surface area (TPSA) is 44.4 Å². The minimum Gasteiger partial charge on any atom is -0.352 e. The molecule has 0 aromatic heterocycles. The molecule has 0 aliphatic carbocycles. The summed E-state index contributed by atoms with van der Waals surface area (Å²) >= 11 is 0. The van der Waals surface area contributed by atoms with Gasteiger partial charge < -0.3 is 15.5 Å². The molecule has 3 atom stereocenters. The summed E-state index contributed by atoms with van der Waals surface area (Å²) in [6.45, 7) is 7.83. The Bertz CT molecular complexity index is 375. The fraction of sp³-hybridized carbons (Fsp3) is 0.938. The van der Waals surface area contributed by atoms with E-state index >= 15 is 0 Å². The zero-order chi connectivity index (χ0) is 14.2. The lowest BCUT2D eigenvalue weighted by Crippen LogP contribution is -2.58. The van der Waals surface area contributed by atoms with Crippen molar-refractivity contribution >= 4 is 18.3 Å². The number of piperidine rings is 2. The van der Waals surface area contributed by atoms with Gasteiger partial charge in [-0.3, -0.25) is 4.79 Å². The molecule has 0 radical (unpaired) electrons. The molecule has 3 aliphatic heterocycles. The van der Waals surface area contributed by atoms with E-state index in [0.29, 0.717) is 6.04 Å². The van der Waals surface area contributed by atoms with Crippen LogP contribution in [0.3, 0.4) is 0 Å². The highest BCUT2D eigenvalue weighted by Crippen LogP contribution is 2.31. The van der Waals surface area contributed by atoms with Gasteiger partial charge >= 0.3 is 0 Å². The Morgan fingerprint density at radius 2 is 2.05 bits per heavy atom. The van der Waals surface area contributed by atoms with Gasteiger partial charge in [-0.25, -0.2) is 0 Å². The monoisotopic (exact) mass is 315 g/mol. The van der Waals surface area contributed by atoms with Crippen LogP contribution in [0.5, 0.6) is 0 Å². The van der Waals surface area contributed by atoms with Crippen LogP contribution in [0.15, 0.2) is 0 Å². The zero-order valence-corrected chi connectivity index (χ0v) is 14.2. The van der Waals surface area contributed by atoms with Crippen molar-refractivity contribution in [2.45, 2.75) is 70.5 Å². The summed E-state index contributed by atoms with van der Waals surface area (Å²) in [4.78, 5) is 15.2. The summed E-state index contributed by atoms with van der Waals surface area (Å²) in [6.07, 6.45) is 7.24. The number of fused-ring (bicyclic) bond motifs is 1. The average molecular weight is 316 g/mol. The highest BCUT2D eigenvalue weighted by Gasteiger charge is 2.39. The standard InChI is InChI=1S/C16H29N3O.ClH/c1-16(2)7-4-8-17-14(16)15(20)18-12-6-10-19-9-3-5-13(19)11-12;/h12-14,17H,3-11H2,1-2H3,(H,18,20);1H. The van der Waals surface area contributed by atoms with Crippen LogP contribution in [0.4, 0.5) is 0 Å². The maximum atomic E-state index is 12.6. The molecule has 5 heteroatoms. The number of carbonyl (C=O) groups is 1. The Balaban J connectivity index is 0.00000161. The highest BCUT2D eigenvalue weighted by atomic mass is 35.5. The van der Waals surface area contributed by atoms with Gasteiger partial charge in [0, 0.05) is 18.6 Å². The second-order valence-corrected chi connectivity index (χ2v) is 7.54. The minimum atomic E-state index is -0.0159. The van der Waals surface area contributed by atoms with E-state index in [9.17, 15) is 4.79 Å². The van der Waals surface area contributed by atoms with Gasteiger partial charge in [-0.15, -0.1) is 12.4 Å².